The van der Waals surface area contributed by atoms with Crippen LogP contribution >= 0.6 is 23.2 Å². The summed E-state index contributed by atoms with van der Waals surface area (Å²) >= 11 is 12.1. The van der Waals surface area contributed by atoms with Crippen LogP contribution in [0.4, 0.5) is 11.6 Å². The summed E-state index contributed by atoms with van der Waals surface area (Å²) in [6.07, 6.45) is 0. The molecular weight excluding hydrogens is 285 g/mol. The lowest BCUT2D eigenvalue weighted by molar-refractivity contribution is 0.476. The number of phenols is 1. The molecule has 0 fully saturated rings. The van der Waals surface area contributed by atoms with Crippen molar-refractivity contribution in [2.45, 2.75) is 0 Å². The topological polar surface area (TPSA) is 60.9 Å². The number of H-pyrrole nitrogens is 1. The number of nitrogens with zero attached hydrogens (tertiary/aromatic N) is 1. The van der Waals surface area contributed by atoms with E-state index in [1.807, 2.05) is 0 Å². The molecule has 0 saturated heterocycles. The van der Waals surface area contributed by atoms with Gasteiger partial charge in [-0.1, -0.05) is 29.3 Å². The van der Waals surface area contributed by atoms with Crippen LogP contribution in [0.25, 0.3) is 11.0 Å². The molecule has 96 valence electrons. The van der Waals surface area contributed by atoms with Gasteiger partial charge in [-0.2, -0.15) is 0 Å². The first-order chi connectivity index (χ1) is 9.13. The van der Waals surface area contributed by atoms with Gasteiger partial charge in [0, 0.05) is 6.07 Å². The highest BCUT2D eigenvalue weighted by Crippen LogP contribution is 2.32. The summed E-state index contributed by atoms with van der Waals surface area (Å²) in [7, 11) is 0. The lowest BCUT2D eigenvalue weighted by atomic mass is 10.3. The maximum Gasteiger partial charge on any atom is 0.205 e. The largest absolute Gasteiger partial charge is 0.508 e. The van der Waals surface area contributed by atoms with Crippen LogP contribution in [0.1, 0.15) is 0 Å². The van der Waals surface area contributed by atoms with Crippen LogP contribution in [0, 0.1) is 0 Å². The summed E-state index contributed by atoms with van der Waals surface area (Å²) in [5.74, 6) is 0.678. The predicted molar refractivity (Wildman–Crippen MR) is 77.5 cm³/mol. The van der Waals surface area contributed by atoms with Crippen LogP contribution in [-0.4, -0.2) is 15.1 Å². The van der Waals surface area contributed by atoms with Gasteiger partial charge < -0.3 is 15.4 Å². The van der Waals surface area contributed by atoms with Gasteiger partial charge in [0.25, 0.3) is 0 Å². The van der Waals surface area contributed by atoms with Gasteiger partial charge in [0.05, 0.1) is 26.8 Å². The Morgan fingerprint density at radius 2 is 1.84 bits per heavy atom. The number of halogens is 2. The smallest absolute Gasteiger partial charge is 0.205 e. The second-order valence-electron chi connectivity index (χ2n) is 4.01. The number of fused-ring (bicyclic) bond motifs is 1. The molecule has 1 aromatic heterocycles. The van der Waals surface area contributed by atoms with Gasteiger partial charge in [0.2, 0.25) is 5.95 Å². The number of benzene rings is 2. The number of phenolic OH excluding ortho intramolecular Hbond substituents is 1. The third-order valence-electron chi connectivity index (χ3n) is 2.67. The van der Waals surface area contributed by atoms with E-state index in [9.17, 15) is 5.11 Å². The van der Waals surface area contributed by atoms with Crippen molar-refractivity contribution in [3.05, 3.63) is 46.4 Å². The standard InChI is InChI=1S/C13H9Cl2N3O/c14-8-2-1-3-9(15)12(8)18-13-16-10-5-4-7(19)6-11(10)17-13/h1-6,19H,(H2,16,17,18). The van der Waals surface area contributed by atoms with E-state index < -0.39 is 0 Å². The summed E-state index contributed by atoms with van der Waals surface area (Å²) in [5.41, 5.74) is 2.06. The van der Waals surface area contributed by atoms with Gasteiger partial charge in [0.15, 0.2) is 0 Å². The van der Waals surface area contributed by atoms with Crippen molar-refractivity contribution in [2.75, 3.05) is 5.32 Å². The maximum atomic E-state index is 9.40. The van der Waals surface area contributed by atoms with Crippen molar-refractivity contribution in [3.8, 4) is 5.75 Å². The average Bonchev–Trinajstić information content (AvgIpc) is 2.75. The van der Waals surface area contributed by atoms with Crippen molar-refractivity contribution in [2.24, 2.45) is 0 Å². The Morgan fingerprint density at radius 1 is 1.11 bits per heavy atom. The Balaban J connectivity index is 2.01. The van der Waals surface area contributed by atoms with E-state index >= 15 is 0 Å². The molecule has 3 N–H and O–H groups in total. The highest BCUT2D eigenvalue weighted by atomic mass is 35.5. The third kappa shape index (κ3) is 2.32. The zero-order valence-corrected chi connectivity index (χ0v) is 11.1. The molecule has 3 rings (SSSR count). The molecule has 19 heavy (non-hydrogen) atoms. The molecule has 0 atom stereocenters. The Hall–Kier alpha value is -1.91. The zero-order chi connectivity index (χ0) is 13.4. The number of aromatic nitrogens is 2. The molecule has 0 amide bonds. The SMILES string of the molecule is Oc1ccc2[nH]c(Nc3c(Cl)cccc3Cl)nc2c1. The van der Waals surface area contributed by atoms with E-state index in [1.54, 1.807) is 36.4 Å². The highest BCUT2D eigenvalue weighted by molar-refractivity contribution is 6.39. The Bertz CT molecular complexity index is 734. The lowest BCUT2D eigenvalue weighted by Gasteiger charge is -2.06. The molecule has 0 bridgehead atoms. The van der Waals surface area contributed by atoms with Crippen molar-refractivity contribution < 1.29 is 5.11 Å². The molecule has 3 aromatic rings. The van der Waals surface area contributed by atoms with Gasteiger partial charge in [0.1, 0.15) is 5.75 Å². The molecule has 2 aromatic carbocycles. The molecule has 0 unspecified atom stereocenters. The first kappa shape index (κ1) is 12.1. The minimum Gasteiger partial charge on any atom is -0.508 e. The number of hydrogen-bond acceptors (Lipinski definition) is 3. The lowest BCUT2D eigenvalue weighted by Crippen LogP contribution is -1.93. The molecule has 0 aliphatic heterocycles. The predicted octanol–water partition coefficient (Wildman–Crippen LogP) is 4.32. The summed E-state index contributed by atoms with van der Waals surface area (Å²) in [5, 5.41) is 13.5. The molecular formula is C13H9Cl2N3O. The molecule has 0 radical (unpaired) electrons. The van der Waals surface area contributed by atoms with Crippen LogP contribution in [0.2, 0.25) is 10.0 Å². The summed E-state index contributed by atoms with van der Waals surface area (Å²) < 4.78 is 0. The van der Waals surface area contributed by atoms with Crippen LogP contribution in [0.15, 0.2) is 36.4 Å². The number of nitrogens with one attached hydrogen (secondary N) is 2. The van der Waals surface area contributed by atoms with Crippen LogP contribution in [-0.2, 0) is 0 Å². The van der Waals surface area contributed by atoms with Crippen molar-refractivity contribution in [1.82, 2.24) is 9.97 Å². The zero-order valence-electron chi connectivity index (χ0n) is 9.61. The first-order valence-electron chi connectivity index (χ1n) is 5.53. The van der Waals surface area contributed by atoms with Crippen molar-refractivity contribution >= 4 is 45.9 Å². The van der Waals surface area contributed by atoms with Crippen LogP contribution in [0.3, 0.4) is 0 Å². The number of rotatable bonds is 2. The van der Waals surface area contributed by atoms with E-state index in [2.05, 4.69) is 15.3 Å². The molecule has 4 nitrogen and oxygen atoms in total. The molecule has 0 aliphatic rings. The van der Waals surface area contributed by atoms with Crippen molar-refractivity contribution in [3.63, 3.8) is 0 Å². The van der Waals surface area contributed by atoms with Crippen LogP contribution in [0.5, 0.6) is 5.75 Å². The Kier molecular flexibility index (Phi) is 2.97. The number of para-hydroxylation sites is 1. The number of anilines is 2. The first-order valence-corrected chi connectivity index (χ1v) is 6.29. The monoisotopic (exact) mass is 293 g/mol. The number of aromatic amines is 1. The number of imidazole rings is 1. The van der Waals surface area contributed by atoms with Gasteiger partial charge in [-0.25, -0.2) is 4.98 Å². The van der Waals surface area contributed by atoms with E-state index in [4.69, 9.17) is 23.2 Å². The van der Waals surface area contributed by atoms with Crippen LogP contribution < -0.4 is 5.32 Å². The van der Waals surface area contributed by atoms with Gasteiger partial charge in [-0.05, 0) is 24.3 Å². The second-order valence-corrected chi connectivity index (χ2v) is 4.82. The quantitative estimate of drug-likeness (QED) is 0.659. The molecule has 0 aliphatic carbocycles. The van der Waals surface area contributed by atoms with Gasteiger partial charge >= 0.3 is 0 Å². The molecule has 1 heterocycles. The average molecular weight is 294 g/mol. The van der Waals surface area contributed by atoms with E-state index in [0.717, 1.165) is 5.52 Å². The Labute approximate surface area is 119 Å². The second kappa shape index (κ2) is 4.64. The third-order valence-corrected chi connectivity index (χ3v) is 3.30. The highest BCUT2D eigenvalue weighted by Gasteiger charge is 2.08. The summed E-state index contributed by atoms with van der Waals surface area (Å²) in [6, 6.07) is 10.2. The van der Waals surface area contributed by atoms with E-state index in [0.29, 0.717) is 27.2 Å². The Morgan fingerprint density at radius 3 is 2.58 bits per heavy atom. The van der Waals surface area contributed by atoms with Gasteiger partial charge in [-0.15, -0.1) is 0 Å². The summed E-state index contributed by atoms with van der Waals surface area (Å²) in [4.78, 5) is 7.38. The van der Waals surface area contributed by atoms with E-state index in [1.165, 1.54) is 0 Å². The molecule has 6 heteroatoms. The molecule has 0 spiro atoms. The number of hydrogen-bond donors (Lipinski definition) is 3. The van der Waals surface area contributed by atoms with Gasteiger partial charge in [-0.3, -0.25) is 0 Å². The fourth-order valence-electron chi connectivity index (χ4n) is 1.79. The minimum atomic E-state index is 0.168. The maximum absolute atomic E-state index is 9.40. The number of aromatic hydroxyl groups is 1. The summed E-state index contributed by atoms with van der Waals surface area (Å²) in [6.45, 7) is 0. The van der Waals surface area contributed by atoms with E-state index in [-0.39, 0.29) is 5.75 Å². The fourth-order valence-corrected chi connectivity index (χ4v) is 2.28. The normalized spacial score (nSPS) is 10.8. The minimum absolute atomic E-state index is 0.168. The molecule has 0 saturated carbocycles. The fraction of sp³-hybridized carbons (Fsp3) is 0. The van der Waals surface area contributed by atoms with Crippen molar-refractivity contribution in [1.29, 1.82) is 0 Å².